The van der Waals surface area contributed by atoms with Gasteiger partial charge >= 0.3 is 5.97 Å². The molecule has 0 aliphatic carbocycles. The Morgan fingerprint density at radius 2 is 1.60 bits per heavy atom. The molecule has 0 fully saturated rings. The second-order valence-corrected chi connectivity index (χ2v) is 9.29. The maximum atomic E-state index is 13.0. The summed E-state index contributed by atoms with van der Waals surface area (Å²) in [4.78, 5) is 35.7. The number of non-ortho nitro benzene ring substituents is 1. The minimum absolute atomic E-state index is 0.136. The highest BCUT2D eigenvalue weighted by Gasteiger charge is 2.41. The van der Waals surface area contributed by atoms with Crippen LogP contribution in [0.25, 0.3) is 0 Å². The number of amides is 1. The predicted molar refractivity (Wildman–Crippen MR) is 156 cm³/mol. The monoisotopic (exact) mass is 563 g/mol. The van der Waals surface area contributed by atoms with Gasteiger partial charge < -0.3 is 9.47 Å². The third-order valence-electron chi connectivity index (χ3n) is 6.69. The molecule has 1 heterocycles. The van der Waals surface area contributed by atoms with E-state index in [1.165, 1.54) is 43.7 Å². The van der Waals surface area contributed by atoms with Crippen molar-refractivity contribution in [1.29, 1.82) is 0 Å². The van der Waals surface area contributed by atoms with Crippen molar-refractivity contribution in [2.75, 3.05) is 7.11 Å². The van der Waals surface area contributed by atoms with Crippen LogP contribution in [0.4, 0.5) is 5.69 Å². The minimum Gasteiger partial charge on any atom is -0.493 e. The number of carbonyl (C=O) groups excluding carboxylic acids is 2. The van der Waals surface area contributed by atoms with Crippen LogP contribution in [0.15, 0.2) is 113 Å². The van der Waals surface area contributed by atoms with E-state index in [4.69, 9.17) is 9.47 Å². The van der Waals surface area contributed by atoms with Crippen molar-refractivity contribution < 1.29 is 24.0 Å². The third-order valence-corrected chi connectivity index (χ3v) is 6.69. The lowest BCUT2D eigenvalue weighted by Crippen LogP contribution is -2.38. The van der Waals surface area contributed by atoms with Gasteiger partial charge in [-0.05, 0) is 47.0 Å². The molecular weight excluding hydrogens is 538 g/mol. The number of hydrazone groups is 2. The van der Waals surface area contributed by atoms with Crippen LogP contribution in [-0.2, 0) is 10.3 Å². The number of esters is 1. The average molecular weight is 564 g/mol. The molecule has 0 atom stereocenters. The molecule has 4 aromatic carbocycles. The summed E-state index contributed by atoms with van der Waals surface area (Å²) >= 11 is 0. The van der Waals surface area contributed by atoms with Gasteiger partial charge in [0.2, 0.25) is 0 Å². The molecule has 1 aliphatic heterocycles. The van der Waals surface area contributed by atoms with E-state index < -0.39 is 22.3 Å². The van der Waals surface area contributed by atoms with E-state index >= 15 is 0 Å². The molecule has 0 unspecified atom stereocenters. The molecule has 1 amide bonds. The Labute approximate surface area is 240 Å². The van der Waals surface area contributed by atoms with Crippen LogP contribution in [-0.4, -0.2) is 35.8 Å². The summed E-state index contributed by atoms with van der Waals surface area (Å²) in [7, 11) is 1.41. The summed E-state index contributed by atoms with van der Waals surface area (Å²) < 4.78 is 10.8. The topological polar surface area (TPSA) is 145 Å². The normalized spacial score (nSPS) is 13.6. The van der Waals surface area contributed by atoms with Crippen molar-refractivity contribution in [3.63, 3.8) is 0 Å². The van der Waals surface area contributed by atoms with Gasteiger partial charge in [0.25, 0.3) is 11.6 Å². The fourth-order valence-electron chi connectivity index (χ4n) is 4.53. The van der Waals surface area contributed by atoms with E-state index in [9.17, 15) is 19.7 Å². The summed E-state index contributed by atoms with van der Waals surface area (Å²) in [5.74, 6) is -0.759. The molecule has 42 heavy (non-hydrogen) atoms. The third kappa shape index (κ3) is 5.85. The second kappa shape index (κ2) is 12.1. The largest absolute Gasteiger partial charge is 0.493 e. The lowest BCUT2D eigenvalue weighted by molar-refractivity contribution is -0.384. The molecule has 4 aromatic rings. The van der Waals surface area contributed by atoms with Gasteiger partial charge in [0.05, 0.1) is 23.8 Å². The van der Waals surface area contributed by atoms with Crippen LogP contribution in [0, 0.1) is 10.1 Å². The van der Waals surface area contributed by atoms with Crippen molar-refractivity contribution in [2.45, 2.75) is 12.0 Å². The van der Waals surface area contributed by atoms with E-state index in [-0.39, 0.29) is 22.7 Å². The molecule has 0 saturated heterocycles. The van der Waals surface area contributed by atoms with Crippen molar-refractivity contribution >= 4 is 29.5 Å². The highest BCUT2D eigenvalue weighted by Crippen LogP contribution is 2.36. The van der Waals surface area contributed by atoms with E-state index in [0.29, 0.717) is 17.7 Å². The maximum absolute atomic E-state index is 13.0. The number of ether oxygens (including phenoxy) is 2. The number of hydrogen-bond donors (Lipinski definition) is 2. The van der Waals surface area contributed by atoms with Crippen LogP contribution in [0.3, 0.4) is 0 Å². The molecule has 0 bridgehead atoms. The first kappa shape index (κ1) is 27.7. The molecule has 0 saturated carbocycles. The summed E-state index contributed by atoms with van der Waals surface area (Å²) in [6, 6.07) is 29.4. The Hall–Kier alpha value is -5.84. The Morgan fingerprint density at radius 1 is 0.952 bits per heavy atom. The Morgan fingerprint density at radius 3 is 2.19 bits per heavy atom. The second-order valence-electron chi connectivity index (χ2n) is 9.29. The van der Waals surface area contributed by atoms with Gasteiger partial charge in [0, 0.05) is 18.6 Å². The summed E-state index contributed by atoms with van der Waals surface area (Å²) in [5, 5.41) is 19.2. The lowest BCUT2D eigenvalue weighted by Gasteiger charge is -2.30. The zero-order valence-electron chi connectivity index (χ0n) is 22.4. The number of nitro groups is 1. The summed E-state index contributed by atoms with van der Waals surface area (Å²) in [6.45, 7) is 0. The first-order chi connectivity index (χ1) is 20.4. The zero-order valence-corrected chi connectivity index (χ0v) is 22.4. The summed E-state index contributed by atoms with van der Waals surface area (Å²) in [6.07, 6.45) is 1.75. The van der Waals surface area contributed by atoms with E-state index in [1.54, 1.807) is 12.1 Å². The minimum atomic E-state index is -0.704. The maximum Gasteiger partial charge on any atom is 0.343 e. The molecule has 11 nitrogen and oxygen atoms in total. The quantitative estimate of drug-likeness (QED) is 0.0998. The van der Waals surface area contributed by atoms with E-state index in [1.807, 2.05) is 60.7 Å². The van der Waals surface area contributed by atoms with Gasteiger partial charge in [0.1, 0.15) is 11.3 Å². The first-order valence-electron chi connectivity index (χ1n) is 12.8. The number of nitrogens with zero attached hydrogens (tertiary/aromatic N) is 3. The molecule has 2 N–H and O–H groups in total. The van der Waals surface area contributed by atoms with Crippen LogP contribution >= 0.6 is 0 Å². The Kier molecular flexibility index (Phi) is 8.00. The van der Waals surface area contributed by atoms with Gasteiger partial charge in [-0.25, -0.2) is 10.2 Å². The van der Waals surface area contributed by atoms with Gasteiger partial charge in [-0.2, -0.15) is 10.2 Å². The van der Waals surface area contributed by atoms with Crippen LogP contribution in [0.1, 0.15) is 33.5 Å². The van der Waals surface area contributed by atoms with Crippen molar-refractivity contribution in [3.8, 4) is 11.5 Å². The SMILES string of the molecule is COc1cc(/C=N/NC(=O)C2=NNC(c3ccccc3)(c3ccccc3)C2)ccc1OC(=O)c1ccc([N+](=O)[O-])cc1. The molecular formula is C31H25N5O6. The first-order valence-corrected chi connectivity index (χ1v) is 12.8. The number of methoxy groups -OCH3 is 1. The van der Waals surface area contributed by atoms with Crippen molar-refractivity contribution in [2.24, 2.45) is 10.2 Å². The molecule has 0 aromatic heterocycles. The predicted octanol–water partition coefficient (Wildman–Crippen LogP) is 4.57. The van der Waals surface area contributed by atoms with Crippen LogP contribution < -0.4 is 20.3 Å². The molecule has 210 valence electrons. The van der Waals surface area contributed by atoms with Gasteiger partial charge in [0.15, 0.2) is 11.5 Å². The van der Waals surface area contributed by atoms with Gasteiger partial charge in [-0.1, -0.05) is 60.7 Å². The van der Waals surface area contributed by atoms with Crippen LogP contribution in [0.5, 0.6) is 11.5 Å². The number of nitro benzene ring substituents is 1. The smallest absolute Gasteiger partial charge is 0.343 e. The lowest BCUT2D eigenvalue weighted by atomic mass is 9.80. The number of nitrogens with one attached hydrogen (secondary N) is 2. The zero-order chi connectivity index (χ0) is 29.5. The number of carbonyl (C=O) groups is 2. The molecule has 5 rings (SSSR count). The average Bonchev–Trinajstić information content (AvgIpc) is 3.49. The Balaban J connectivity index is 1.24. The fraction of sp³-hybridized carbons (Fsp3) is 0.0968. The number of rotatable bonds is 9. The highest BCUT2D eigenvalue weighted by molar-refractivity contribution is 6.39. The van der Waals surface area contributed by atoms with Gasteiger partial charge in [-0.3, -0.25) is 20.3 Å². The molecule has 11 heteroatoms. The summed E-state index contributed by atoms with van der Waals surface area (Å²) in [5.41, 5.74) is 7.85. The standard InChI is InChI=1S/C31H25N5O6/c1-41-28-18-21(12-17-27(28)42-30(38)22-13-15-25(16-14-22)36(39)40)20-32-34-29(37)26-19-31(35-33-26,23-8-4-2-5-9-23)24-10-6-3-7-11-24/h2-18,20,35H,19H2,1H3,(H,34,37)/b32-20+. The number of hydrogen-bond acceptors (Lipinski definition) is 9. The molecule has 0 spiro atoms. The van der Waals surface area contributed by atoms with Crippen LogP contribution in [0.2, 0.25) is 0 Å². The van der Waals surface area contributed by atoms with E-state index in [2.05, 4.69) is 21.1 Å². The van der Waals surface area contributed by atoms with Crippen molar-refractivity contribution in [1.82, 2.24) is 10.9 Å². The van der Waals surface area contributed by atoms with E-state index in [0.717, 1.165) is 11.1 Å². The fourth-order valence-corrected chi connectivity index (χ4v) is 4.53. The highest BCUT2D eigenvalue weighted by atomic mass is 16.6. The molecule has 0 radical (unpaired) electrons. The number of benzene rings is 4. The van der Waals surface area contributed by atoms with Gasteiger partial charge in [-0.15, -0.1) is 0 Å². The Bertz CT molecular complexity index is 1630. The van der Waals surface area contributed by atoms with Crippen molar-refractivity contribution in [3.05, 3.63) is 135 Å². The molecule has 1 aliphatic rings.